The van der Waals surface area contributed by atoms with E-state index in [4.69, 9.17) is 28.7 Å². The second-order valence-corrected chi connectivity index (χ2v) is 26.7. The lowest BCUT2D eigenvalue weighted by atomic mass is 9.78. The molecule has 0 radical (unpaired) electrons. The molecule has 24 heteroatoms. The number of methoxy groups -OCH3 is 1. The summed E-state index contributed by atoms with van der Waals surface area (Å²) in [6.45, 7) is 18.9. The topological polar surface area (TPSA) is 324 Å². The largest absolute Gasteiger partial charge is 0.507 e. The third kappa shape index (κ3) is 13.8. The number of carbonyl (C=O) groups is 4. The SMILES string of the molecule is CO[C@H]1/C=C/O[C@@]2(C)Oc3c(C)c(O)c4c(c3C2=O)C2=NC3(CCN(CC(C)C)CC3)N(CCC(=O)c3ccc(OCCCC(P(O)O)P(=O)(O)O)cc3)C2C(=C4O)NC(=O)/C(C)=C\C=C\[C@H](C)[C@H](O)[C@@H](C)[C@@H](O)[C@@H](C)[C@H](OC(C)=O)[C@@H]1C. The van der Waals surface area contributed by atoms with Crippen LogP contribution in [0, 0.1) is 36.5 Å². The summed E-state index contributed by atoms with van der Waals surface area (Å²) in [5, 5.41) is 49.8. The second-order valence-electron chi connectivity index (χ2n) is 23.2. The predicted molar refractivity (Wildman–Crippen MR) is 310 cm³/mol. The van der Waals surface area contributed by atoms with E-state index in [1.807, 2.05) is 4.90 Å². The number of hydrogen-bond donors (Lipinski definition) is 9. The Bertz CT molecular complexity index is 2960. The van der Waals surface area contributed by atoms with E-state index in [9.17, 15) is 58.9 Å². The van der Waals surface area contributed by atoms with Crippen molar-refractivity contribution >= 4 is 50.9 Å². The zero-order valence-electron chi connectivity index (χ0n) is 49.0. The van der Waals surface area contributed by atoms with E-state index in [1.165, 1.54) is 46.3 Å². The van der Waals surface area contributed by atoms with Gasteiger partial charge in [-0.3, -0.25) is 33.6 Å². The first-order chi connectivity index (χ1) is 39.0. The average molecular weight is 1200 g/mol. The number of nitrogens with one attached hydrogen (secondary N) is 1. The van der Waals surface area contributed by atoms with Gasteiger partial charge < -0.3 is 73.9 Å². The van der Waals surface area contributed by atoms with Gasteiger partial charge >= 0.3 is 19.4 Å². The van der Waals surface area contributed by atoms with Crippen LogP contribution >= 0.6 is 16.0 Å². The van der Waals surface area contributed by atoms with E-state index in [2.05, 4.69) is 24.1 Å². The number of benzene rings is 2. The Hall–Kier alpha value is -5.35. The molecule has 1 spiro atoms. The van der Waals surface area contributed by atoms with Crippen LogP contribution in [0.1, 0.15) is 132 Å². The van der Waals surface area contributed by atoms with Gasteiger partial charge in [0.1, 0.15) is 40.2 Å². The number of ketones is 2. The summed E-state index contributed by atoms with van der Waals surface area (Å²) in [5.41, 5.74) is -0.463. The molecule has 1 fully saturated rings. The Morgan fingerprint density at radius 2 is 1.61 bits per heavy atom. The number of allylic oxidation sites excluding steroid dienone is 2. The monoisotopic (exact) mass is 1200 g/mol. The minimum atomic E-state index is -4.75. The van der Waals surface area contributed by atoms with Gasteiger partial charge in [0, 0.05) is 99.5 Å². The molecule has 1 saturated heterocycles. The van der Waals surface area contributed by atoms with Crippen LogP contribution in [0.5, 0.6) is 17.2 Å². The molecular formula is C59H82N4O18P2. The van der Waals surface area contributed by atoms with Crippen molar-refractivity contribution in [2.75, 3.05) is 39.9 Å². The molecule has 22 nitrogen and oxygen atoms in total. The molecule has 5 bridgehead atoms. The number of aliphatic imine (C=N–C) groups is 1. The van der Waals surface area contributed by atoms with Gasteiger partial charge in [-0.05, 0) is 75.8 Å². The molecule has 83 heavy (non-hydrogen) atoms. The van der Waals surface area contributed by atoms with Gasteiger partial charge in [-0.25, -0.2) is 0 Å². The van der Waals surface area contributed by atoms with E-state index in [-0.39, 0.29) is 83.2 Å². The normalized spacial score (nSPS) is 29.8. The minimum absolute atomic E-state index is 0.000895. The number of ether oxygens (including phenoxy) is 5. The van der Waals surface area contributed by atoms with Crippen molar-refractivity contribution in [2.24, 2.45) is 34.6 Å². The maximum absolute atomic E-state index is 15.3. The van der Waals surface area contributed by atoms with Crippen molar-refractivity contribution in [1.82, 2.24) is 15.1 Å². The summed E-state index contributed by atoms with van der Waals surface area (Å²) in [6.07, 6.45) is 4.21. The number of likely N-dealkylation sites (tertiary alicyclic amines) is 1. The molecule has 11 atom stereocenters. The third-order valence-corrected chi connectivity index (χ3v) is 20.2. The zero-order valence-corrected chi connectivity index (χ0v) is 50.8. The Morgan fingerprint density at radius 1 is 0.952 bits per heavy atom. The predicted octanol–water partition coefficient (Wildman–Crippen LogP) is 6.76. The van der Waals surface area contributed by atoms with Gasteiger partial charge in [0.15, 0.2) is 14.2 Å². The van der Waals surface area contributed by atoms with Gasteiger partial charge in [0.05, 0.1) is 59.8 Å². The highest BCUT2D eigenvalue weighted by molar-refractivity contribution is 7.68. The van der Waals surface area contributed by atoms with Crippen LogP contribution in [0.15, 0.2) is 71.1 Å². The van der Waals surface area contributed by atoms with E-state index in [1.54, 1.807) is 71.0 Å². The van der Waals surface area contributed by atoms with Gasteiger partial charge in [0.2, 0.25) is 0 Å². The number of hydrogen-bond acceptors (Lipinski definition) is 19. The summed E-state index contributed by atoms with van der Waals surface area (Å²) < 4.78 is 41.9. The van der Waals surface area contributed by atoms with E-state index in [0.717, 1.165) is 6.54 Å². The van der Waals surface area contributed by atoms with Crippen LogP contribution in [-0.4, -0.2) is 166 Å². The van der Waals surface area contributed by atoms with Gasteiger partial charge in [-0.15, -0.1) is 0 Å². The van der Waals surface area contributed by atoms with Crippen LogP contribution in [-0.2, 0) is 28.4 Å². The molecule has 5 aliphatic rings. The van der Waals surface area contributed by atoms with Crippen molar-refractivity contribution in [1.29, 1.82) is 0 Å². The number of fused-ring (bicyclic) bond motifs is 3. The first-order valence-corrected chi connectivity index (χ1v) is 31.2. The number of aromatic hydroxyl groups is 1. The van der Waals surface area contributed by atoms with Crippen LogP contribution in [0.3, 0.4) is 0 Å². The first-order valence-electron chi connectivity index (χ1n) is 28.2. The maximum atomic E-state index is 15.3. The third-order valence-electron chi connectivity index (χ3n) is 16.8. The quantitative estimate of drug-likeness (QED) is 0.0385. The van der Waals surface area contributed by atoms with Crippen molar-refractivity contribution in [3.8, 4) is 17.2 Å². The number of phenolic OH excluding ortho intramolecular Hbond substituents is 1. The standard InChI is InChI=1S/C59H82N4O18P2/c1-31(2)30-62-26-23-59(24-27-62)61-47-44-45-52(68)37(8)55-46(44)56(70)58(10,81-55)79-29-22-42(77-11)34(5)54(80-38(9)64)36(7)51(67)35(6)50(66)32(3)14-12-15-33(4)57(71)60-48(53(45)69)49(47)63(59)25-21-41(65)39-17-19-40(20-18-39)78-28-13-16-43(82(72)73)83(74,75)76/h12,14-15,17-20,22,29,31-32,34-36,42-43,49-51,54,66-69,72-73H,13,16,21,23-28,30H2,1-11H3,(H,60,71)(H2,74,75,76)/b14-12+,29-22+,33-15-/t32-,34+,35+,36+,42-,43?,49?,50-,51+,54+,58-/m0/s1. The smallest absolute Gasteiger partial charge is 0.337 e. The van der Waals surface area contributed by atoms with Gasteiger partial charge in [0.25, 0.3) is 11.7 Å². The molecule has 1 amide bonds. The Labute approximate surface area is 486 Å². The molecule has 2 aromatic rings. The molecule has 2 unspecified atom stereocenters. The minimum Gasteiger partial charge on any atom is -0.507 e. The molecule has 4 heterocycles. The second kappa shape index (κ2) is 26.5. The van der Waals surface area contributed by atoms with Crippen LogP contribution < -0.4 is 14.8 Å². The summed E-state index contributed by atoms with van der Waals surface area (Å²) in [7, 11) is -6.19. The Kier molecular flexibility index (Phi) is 20.8. The number of piperidine rings is 1. The van der Waals surface area contributed by atoms with E-state index < -0.39 is 116 Å². The van der Waals surface area contributed by atoms with Crippen molar-refractivity contribution in [3.63, 3.8) is 0 Å². The highest BCUT2D eigenvalue weighted by Crippen LogP contribution is 2.57. The number of Topliss-reactive ketones (excluding diaryl/α,β-unsaturated/α-hetero) is 2. The molecule has 456 valence electrons. The lowest BCUT2D eigenvalue weighted by Crippen LogP contribution is -2.57. The average Bonchev–Trinajstić information content (AvgIpc) is 1.70. The highest BCUT2D eigenvalue weighted by Gasteiger charge is 2.58. The molecule has 0 saturated carbocycles. The van der Waals surface area contributed by atoms with Gasteiger partial charge in [-0.1, -0.05) is 59.8 Å². The van der Waals surface area contributed by atoms with E-state index >= 15 is 4.79 Å². The summed E-state index contributed by atoms with van der Waals surface area (Å²) in [5.74, 6) is -7.28. The fourth-order valence-electron chi connectivity index (χ4n) is 12.1. The number of rotatable bonds is 15. The van der Waals surface area contributed by atoms with Gasteiger partial charge in [-0.2, -0.15) is 0 Å². The zero-order chi connectivity index (χ0) is 61.2. The highest BCUT2D eigenvalue weighted by atomic mass is 31.2. The Morgan fingerprint density at radius 3 is 2.22 bits per heavy atom. The molecule has 9 N–H and O–H groups in total. The summed E-state index contributed by atoms with van der Waals surface area (Å²) >= 11 is 0. The number of esters is 1. The fraction of sp³-hybridized carbons (Fsp3) is 0.576. The molecular weight excluding hydrogens is 1110 g/mol. The number of phenols is 1. The number of aliphatic hydroxyl groups is 3. The van der Waals surface area contributed by atoms with Crippen LogP contribution in [0.4, 0.5) is 0 Å². The molecule has 2 aromatic carbocycles. The lowest BCUT2D eigenvalue weighted by molar-refractivity contribution is -0.160. The number of carbonyl (C=O) groups excluding carboxylic acids is 4. The molecule has 4 aliphatic heterocycles. The van der Waals surface area contributed by atoms with Crippen LogP contribution in [0.2, 0.25) is 0 Å². The Balaban J connectivity index is 1.31. The number of aliphatic hydroxyl groups excluding tert-OH is 3. The van der Waals surface area contributed by atoms with Crippen molar-refractivity contribution in [3.05, 3.63) is 93.9 Å². The van der Waals surface area contributed by atoms with Crippen LogP contribution in [0.25, 0.3) is 5.76 Å². The fourth-order valence-corrected chi connectivity index (χ4v) is 14.1. The lowest BCUT2D eigenvalue weighted by Gasteiger charge is -2.45. The summed E-state index contributed by atoms with van der Waals surface area (Å²) in [4.78, 5) is 105. The number of amides is 1. The molecule has 0 aromatic heterocycles. The maximum Gasteiger partial charge on any atom is 0.337 e. The van der Waals surface area contributed by atoms with Crippen molar-refractivity contribution in [2.45, 2.75) is 149 Å². The molecule has 1 aliphatic carbocycles. The first kappa shape index (κ1) is 65.2. The molecule has 7 rings (SSSR count). The van der Waals surface area contributed by atoms with E-state index in [0.29, 0.717) is 43.2 Å². The number of nitrogens with zero attached hydrogens (tertiary/aromatic N) is 3. The summed E-state index contributed by atoms with van der Waals surface area (Å²) in [6, 6.07) is 5.18. The van der Waals surface area contributed by atoms with Crippen molar-refractivity contribution < 1.29 is 87.4 Å².